The zero-order valence-electron chi connectivity index (χ0n) is 10.6. The highest BCUT2D eigenvalue weighted by Crippen LogP contribution is 2.21. The van der Waals surface area contributed by atoms with E-state index in [0.29, 0.717) is 17.8 Å². The zero-order chi connectivity index (χ0) is 12.3. The second kappa shape index (κ2) is 5.67. The van der Waals surface area contributed by atoms with Gasteiger partial charge in [-0.3, -0.25) is 4.90 Å². The first-order valence-electron chi connectivity index (χ1n) is 6.16. The largest absolute Gasteiger partial charge is 0.462 e. The summed E-state index contributed by atoms with van der Waals surface area (Å²) in [6.07, 6.45) is 1.47. The molecule has 17 heavy (non-hydrogen) atoms. The van der Waals surface area contributed by atoms with Crippen LogP contribution in [0.2, 0.25) is 0 Å². The molecule has 1 aromatic rings. The Morgan fingerprint density at radius 2 is 2.24 bits per heavy atom. The molecule has 4 nitrogen and oxygen atoms in total. The van der Waals surface area contributed by atoms with Gasteiger partial charge in [-0.1, -0.05) is 6.92 Å². The van der Waals surface area contributed by atoms with Crippen LogP contribution in [0.3, 0.4) is 0 Å². The molecule has 2 rings (SSSR count). The number of aliphatic hydroxyl groups excluding tert-OH is 1. The Labute approximate surface area is 102 Å². The van der Waals surface area contributed by atoms with Crippen LogP contribution >= 0.6 is 0 Å². The number of rotatable bonds is 4. The smallest absolute Gasteiger partial charge is 0.129 e. The Hall–Kier alpha value is -0.840. The van der Waals surface area contributed by atoms with Gasteiger partial charge in [-0.25, -0.2) is 0 Å². The normalized spacial score (nSPS) is 26.3. The predicted molar refractivity (Wildman–Crippen MR) is 64.5 cm³/mol. The van der Waals surface area contributed by atoms with Crippen molar-refractivity contribution in [2.24, 2.45) is 5.92 Å². The molecule has 96 valence electrons. The van der Waals surface area contributed by atoms with E-state index in [1.807, 2.05) is 12.1 Å². The van der Waals surface area contributed by atoms with Crippen LogP contribution in [-0.4, -0.2) is 36.3 Å². The van der Waals surface area contributed by atoms with E-state index in [0.717, 1.165) is 31.8 Å². The number of hydrogen-bond acceptors (Lipinski definition) is 4. The lowest BCUT2D eigenvalue weighted by atomic mass is 9.96. The van der Waals surface area contributed by atoms with Gasteiger partial charge in [0.25, 0.3) is 0 Å². The van der Waals surface area contributed by atoms with Crippen LogP contribution in [0.15, 0.2) is 16.5 Å². The van der Waals surface area contributed by atoms with Gasteiger partial charge in [0.2, 0.25) is 0 Å². The molecule has 0 radical (unpaired) electrons. The van der Waals surface area contributed by atoms with E-state index in [1.54, 1.807) is 7.11 Å². The Kier molecular flexibility index (Phi) is 4.20. The molecule has 1 saturated heterocycles. The monoisotopic (exact) mass is 239 g/mol. The van der Waals surface area contributed by atoms with Crippen molar-refractivity contribution in [3.8, 4) is 0 Å². The van der Waals surface area contributed by atoms with Crippen molar-refractivity contribution in [2.75, 3.05) is 20.2 Å². The third-order valence-electron chi connectivity index (χ3n) is 3.53. The summed E-state index contributed by atoms with van der Waals surface area (Å²) < 4.78 is 11.0. The highest BCUT2D eigenvalue weighted by Gasteiger charge is 2.26. The Morgan fingerprint density at radius 3 is 2.88 bits per heavy atom. The first-order valence-corrected chi connectivity index (χ1v) is 6.16. The van der Waals surface area contributed by atoms with E-state index >= 15 is 0 Å². The predicted octanol–water partition coefficient (Wildman–Crippen LogP) is 1.63. The van der Waals surface area contributed by atoms with Gasteiger partial charge < -0.3 is 14.3 Å². The van der Waals surface area contributed by atoms with Gasteiger partial charge in [0.05, 0.1) is 12.6 Å². The van der Waals surface area contributed by atoms with Crippen LogP contribution in [0.25, 0.3) is 0 Å². The molecule has 1 aliphatic rings. The van der Waals surface area contributed by atoms with Gasteiger partial charge in [0.1, 0.15) is 18.1 Å². The lowest BCUT2D eigenvalue weighted by Crippen LogP contribution is -2.43. The molecule has 0 saturated carbocycles. The molecule has 1 aliphatic heterocycles. The Balaban J connectivity index is 1.90. The molecule has 2 unspecified atom stereocenters. The summed E-state index contributed by atoms with van der Waals surface area (Å²) in [7, 11) is 1.78. The Bertz CT molecular complexity index is 350. The molecule has 2 heterocycles. The molecule has 4 heteroatoms. The van der Waals surface area contributed by atoms with Crippen molar-refractivity contribution in [1.29, 1.82) is 0 Å². The summed E-state index contributed by atoms with van der Waals surface area (Å²) in [4.78, 5) is 2.34. The molecule has 0 aromatic carbocycles. The number of nitrogens with zero attached hydrogens (tertiary/aromatic N) is 1. The second-order valence-electron chi connectivity index (χ2n) is 4.80. The summed E-state index contributed by atoms with van der Waals surface area (Å²) >= 11 is 0. The minimum atomic E-state index is -0.0300. The fourth-order valence-electron chi connectivity index (χ4n) is 2.36. The third-order valence-corrected chi connectivity index (χ3v) is 3.53. The van der Waals surface area contributed by atoms with Gasteiger partial charge in [-0.2, -0.15) is 0 Å². The lowest BCUT2D eigenvalue weighted by Gasteiger charge is -2.35. The second-order valence-corrected chi connectivity index (χ2v) is 4.80. The van der Waals surface area contributed by atoms with Crippen molar-refractivity contribution < 1.29 is 14.3 Å². The molecule has 0 aliphatic carbocycles. The highest BCUT2D eigenvalue weighted by atomic mass is 16.5. The quantitative estimate of drug-likeness (QED) is 0.867. The van der Waals surface area contributed by atoms with E-state index in [-0.39, 0.29) is 6.61 Å². The maximum Gasteiger partial charge on any atom is 0.129 e. The topological polar surface area (TPSA) is 45.8 Å². The number of ether oxygens (including phenoxy) is 1. The fourth-order valence-corrected chi connectivity index (χ4v) is 2.36. The first kappa shape index (κ1) is 12.6. The zero-order valence-corrected chi connectivity index (χ0v) is 10.6. The number of hydrogen-bond donors (Lipinski definition) is 1. The van der Waals surface area contributed by atoms with E-state index in [2.05, 4.69) is 11.8 Å². The summed E-state index contributed by atoms with van der Waals surface area (Å²) in [6, 6.07) is 3.76. The maximum absolute atomic E-state index is 8.94. The van der Waals surface area contributed by atoms with E-state index in [1.165, 1.54) is 0 Å². The number of furan rings is 1. The number of likely N-dealkylation sites (tertiary alicyclic amines) is 1. The maximum atomic E-state index is 8.94. The van der Waals surface area contributed by atoms with Gasteiger partial charge in [-0.05, 0) is 31.0 Å². The van der Waals surface area contributed by atoms with Crippen molar-refractivity contribution in [3.63, 3.8) is 0 Å². The molecule has 1 N–H and O–H groups in total. The van der Waals surface area contributed by atoms with Crippen LogP contribution in [-0.2, 0) is 17.9 Å². The molecule has 1 aromatic heterocycles. The van der Waals surface area contributed by atoms with Gasteiger partial charge in [-0.15, -0.1) is 0 Å². The lowest BCUT2D eigenvalue weighted by molar-refractivity contribution is -0.00933. The summed E-state index contributed by atoms with van der Waals surface area (Å²) in [5.74, 6) is 2.17. The summed E-state index contributed by atoms with van der Waals surface area (Å²) in [5, 5.41) is 8.94. The first-order chi connectivity index (χ1) is 8.22. The summed E-state index contributed by atoms with van der Waals surface area (Å²) in [5.41, 5.74) is 0. The van der Waals surface area contributed by atoms with Gasteiger partial charge >= 0.3 is 0 Å². The molecule has 0 spiro atoms. The van der Waals surface area contributed by atoms with E-state index in [4.69, 9.17) is 14.3 Å². The third kappa shape index (κ3) is 3.09. The molecular weight excluding hydrogens is 218 g/mol. The molecule has 1 fully saturated rings. The number of methoxy groups -OCH3 is 1. The average Bonchev–Trinajstić information content (AvgIpc) is 2.79. The minimum Gasteiger partial charge on any atom is -0.462 e. The standard InChI is InChI=1S/C13H21NO3/c1-10-5-6-14(8-13(10)16-2)7-11-3-4-12(9-15)17-11/h3-4,10,13,15H,5-9H2,1-2H3. The molecule has 0 bridgehead atoms. The minimum absolute atomic E-state index is 0.0300. The van der Waals surface area contributed by atoms with Crippen LogP contribution in [0, 0.1) is 5.92 Å². The molecular formula is C13H21NO3. The van der Waals surface area contributed by atoms with Crippen molar-refractivity contribution in [3.05, 3.63) is 23.7 Å². The Morgan fingerprint density at radius 1 is 1.47 bits per heavy atom. The van der Waals surface area contributed by atoms with Crippen molar-refractivity contribution >= 4 is 0 Å². The van der Waals surface area contributed by atoms with Crippen molar-refractivity contribution in [2.45, 2.75) is 32.6 Å². The molecule has 0 amide bonds. The van der Waals surface area contributed by atoms with Gasteiger partial charge in [0, 0.05) is 13.7 Å². The SMILES string of the molecule is COC1CN(Cc2ccc(CO)o2)CCC1C. The summed E-state index contributed by atoms with van der Waals surface area (Å²) in [6.45, 7) is 5.04. The highest BCUT2D eigenvalue weighted by molar-refractivity contribution is 5.06. The van der Waals surface area contributed by atoms with Crippen LogP contribution in [0.5, 0.6) is 0 Å². The number of aliphatic hydroxyl groups is 1. The van der Waals surface area contributed by atoms with Crippen molar-refractivity contribution in [1.82, 2.24) is 4.90 Å². The van der Waals surface area contributed by atoms with Crippen LogP contribution < -0.4 is 0 Å². The van der Waals surface area contributed by atoms with E-state index in [9.17, 15) is 0 Å². The fraction of sp³-hybridized carbons (Fsp3) is 0.692. The average molecular weight is 239 g/mol. The number of piperidine rings is 1. The molecule has 2 atom stereocenters. The van der Waals surface area contributed by atoms with Crippen LogP contribution in [0.1, 0.15) is 24.9 Å². The van der Waals surface area contributed by atoms with E-state index < -0.39 is 0 Å². The van der Waals surface area contributed by atoms with Gasteiger partial charge in [0.15, 0.2) is 0 Å². The van der Waals surface area contributed by atoms with Crippen LogP contribution in [0.4, 0.5) is 0 Å².